The molecule has 0 N–H and O–H groups in total. The van der Waals surface area contributed by atoms with Gasteiger partial charge in [0.05, 0.1) is 23.3 Å². The molecule has 0 aromatic carbocycles. The smallest absolute Gasteiger partial charge is 0.0767 e. The number of nitrogens with zero attached hydrogens (tertiary/aromatic N) is 3. The van der Waals surface area contributed by atoms with E-state index in [4.69, 9.17) is 0 Å². The summed E-state index contributed by atoms with van der Waals surface area (Å²) in [5.41, 5.74) is 0. The minimum absolute atomic E-state index is 1.06. The van der Waals surface area contributed by atoms with Crippen LogP contribution < -0.4 is 0 Å². The zero-order valence-electron chi connectivity index (χ0n) is 4.48. The highest BCUT2D eigenvalue weighted by Gasteiger charge is 1.91. The number of aromatic nitrogens is 3. The van der Waals surface area contributed by atoms with E-state index in [-0.39, 0.29) is 0 Å². The maximum Gasteiger partial charge on any atom is 0.0767 e. The molecule has 44 valence electrons. The van der Waals surface area contributed by atoms with E-state index in [9.17, 15) is 0 Å². The molecule has 0 spiro atoms. The van der Waals surface area contributed by atoms with Crippen molar-refractivity contribution in [1.29, 1.82) is 0 Å². The summed E-state index contributed by atoms with van der Waals surface area (Å²) in [7, 11) is 0. The zero-order valence-corrected chi connectivity index (χ0v) is 5.30. The Morgan fingerprint density at radius 3 is 2.89 bits per heavy atom. The third-order valence-electron chi connectivity index (χ3n) is 1.07. The number of fused-ring (bicyclic) bond motifs is 1. The van der Waals surface area contributed by atoms with Crippen LogP contribution in [0.5, 0.6) is 0 Å². The Morgan fingerprint density at radius 1 is 1.11 bits per heavy atom. The second-order valence-electron chi connectivity index (χ2n) is 1.63. The van der Waals surface area contributed by atoms with Gasteiger partial charge in [-0.1, -0.05) is 0 Å². The van der Waals surface area contributed by atoms with Crippen LogP contribution in [-0.4, -0.2) is 14.6 Å². The lowest BCUT2D eigenvalue weighted by Crippen LogP contribution is -1.73. The predicted octanol–water partition coefficient (Wildman–Crippen LogP) is 1.09. The lowest BCUT2D eigenvalue weighted by Gasteiger charge is -1.78. The highest BCUT2D eigenvalue weighted by atomic mass is 32.1. The molecule has 2 aromatic heterocycles. The van der Waals surface area contributed by atoms with Gasteiger partial charge in [-0.3, -0.25) is 0 Å². The largest absolute Gasteiger partial charge is 0.200 e. The molecule has 2 rings (SSSR count). The zero-order chi connectivity index (χ0) is 6.10. The Labute approximate surface area is 55.5 Å². The highest BCUT2D eigenvalue weighted by molar-refractivity contribution is 7.13. The monoisotopic (exact) mass is 137 g/mol. The molecule has 0 aliphatic heterocycles. The van der Waals surface area contributed by atoms with E-state index >= 15 is 0 Å². The molecule has 0 saturated carbocycles. The highest BCUT2D eigenvalue weighted by Crippen LogP contribution is 2.13. The molecule has 0 bridgehead atoms. The van der Waals surface area contributed by atoms with Crippen molar-refractivity contribution in [2.45, 2.75) is 0 Å². The maximum atomic E-state index is 3.96. The molecule has 0 aliphatic carbocycles. The quantitative estimate of drug-likeness (QED) is 0.545. The van der Waals surface area contributed by atoms with Gasteiger partial charge in [0.1, 0.15) is 0 Å². The molecule has 2 aromatic rings. The van der Waals surface area contributed by atoms with Gasteiger partial charge in [0.25, 0.3) is 0 Å². The first-order chi connectivity index (χ1) is 4.47. The first kappa shape index (κ1) is 4.81. The molecule has 9 heavy (non-hydrogen) atoms. The van der Waals surface area contributed by atoms with Crippen LogP contribution >= 0.6 is 11.5 Å². The average Bonchev–Trinajstić information content (AvgIpc) is 2.33. The van der Waals surface area contributed by atoms with E-state index in [0.29, 0.717) is 0 Å². The van der Waals surface area contributed by atoms with Crippen LogP contribution in [-0.2, 0) is 0 Å². The molecule has 0 atom stereocenters. The summed E-state index contributed by atoms with van der Waals surface area (Å²) in [5, 5.41) is 8.47. The van der Waals surface area contributed by atoms with Crippen LogP contribution in [0.4, 0.5) is 0 Å². The second-order valence-corrected chi connectivity index (χ2v) is 2.47. The first-order valence-electron chi connectivity index (χ1n) is 2.48. The summed E-state index contributed by atoms with van der Waals surface area (Å²) < 4.78 is 5.05. The van der Waals surface area contributed by atoms with E-state index in [0.717, 1.165) is 10.1 Å². The Kier molecular flexibility index (Phi) is 0.927. The summed E-state index contributed by atoms with van der Waals surface area (Å²) in [6, 6.07) is 0. The van der Waals surface area contributed by atoms with Crippen molar-refractivity contribution in [1.82, 2.24) is 14.6 Å². The topological polar surface area (TPSA) is 38.7 Å². The fraction of sp³-hybridized carbons (Fsp3) is 0. The van der Waals surface area contributed by atoms with E-state index in [1.54, 1.807) is 18.6 Å². The van der Waals surface area contributed by atoms with E-state index < -0.39 is 0 Å². The van der Waals surface area contributed by atoms with Gasteiger partial charge in [-0.25, -0.2) is 0 Å². The van der Waals surface area contributed by atoms with E-state index in [1.807, 2.05) is 0 Å². The Hall–Kier alpha value is -1.03. The van der Waals surface area contributed by atoms with Gasteiger partial charge in [-0.05, 0) is 11.5 Å². The van der Waals surface area contributed by atoms with Crippen LogP contribution in [0.3, 0.4) is 0 Å². The fourth-order valence-corrected chi connectivity index (χ4v) is 1.22. The van der Waals surface area contributed by atoms with E-state index in [2.05, 4.69) is 14.6 Å². The van der Waals surface area contributed by atoms with Gasteiger partial charge in [0.15, 0.2) is 0 Å². The summed E-state index contributed by atoms with van der Waals surface area (Å²) >= 11 is 1.43. The van der Waals surface area contributed by atoms with Crippen molar-refractivity contribution in [2.24, 2.45) is 0 Å². The normalized spacial score (nSPS) is 10.2. The molecule has 0 amide bonds. The first-order valence-corrected chi connectivity index (χ1v) is 3.25. The van der Waals surface area contributed by atoms with Crippen molar-refractivity contribution >= 4 is 21.6 Å². The molecule has 3 nitrogen and oxygen atoms in total. The number of hydrogen-bond donors (Lipinski definition) is 0. The second kappa shape index (κ2) is 1.73. The molecule has 0 unspecified atom stereocenters. The van der Waals surface area contributed by atoms with Gasteiger partial charge in [0, 0.05) is 5.39 Å². The Bertz CT molecular complexity index is 286. The molecule has 0 fully saturated rings. The Balaban J connectivity index is 2.95. The molecule has 0 radical (unpaired) electrons. The lowest BCUT2D eigenvalue weighted by atomic mass is 10.4. The number of hydrogen-bond acceptors (Lipinski definition) is 4. The average molecular weight is 137 g/mol. The van der Waals surface area contributed by atoms with E-state index in [1.165, 1.54) is 11.5 Å². The summed E-state index contributed by atoms with van der Waals surface area (Å²) in [5.74, 6) is 0. The molecule has 0 aliphatic rings. The van der Waals surface area contributed by atoms with Gasteiger partial charge in [-0.2, -0.15) is 14.6 Å². The minimum atomic E-state index is 1.06. The van der Waals surface area contributed by atoms with Crippen molar-refractivity contribution in [3.8, 4) is 0 Å². The van der Waals surface area contributed by atoms with Gasteiger partial charge in [-0.15, -0.1) is 0 Å². The third kappa shape index (κ3) is 0.675. The van der Waals surface area contributed by atoms with Crippen molar-refractivity contribution in [3.05, 3.63) is 18.6 Å². The summed E-state index contributed by atoms with van der Waals surface area (Å²) in [4.78, 5) is 0. The van der Waals surface area contributed by atoms with Crippen LogP contribution in [0.15, 0.2) is 18.6 Å². The lowest BCUT2D eigenvalue weighted by molar-refractivity contribution is 1.05. The summed E-state index contributed by atoms with van der Waals surface area (Å²) in [6.07, 6.45) is 5.21. The molecule has 4 heteroatoms. The SMILES string of the molecule is c1nncc2sncc12. The van der Waals surface area contributed by atoms with Crippen molar-refractivity contribution in [2.75, 3.05) is 0 Å². The van der Waals surface area contributed by atoms with Crippen LogP contribution in [0.25, 0.3) is 10.1 Å². The van der Waals surface area contributed by atoms with Gasteiger partial charge >= 0.3 is 0 Å². The molecular formula is C5H3N3S. The maximum absolute atomic E-state index is 3.96. The third-order valence-corrected chi connectivity index (χ3v) is 1.81. The summed E-state index contributed by atoms with van der Waals surface area (Å²) in [6.45, 7) is 0. The van der Waals surface area contributed by atoms with Crippen molar-refractivity contribution in [3.63, 3.8) is 0 Å². The van der Waals surface area contributed by atoms with Gasteiger partial charge < -0.3 is 0 Å². The van der Waals surface area contributed by atoms with Crippen LogP contribution in [0.2, 0.25) is 0 Å². The fourth-order valence-electron chi connectivity index (χ4n) is 0.633. The van der Waals surface area contributed by atoms with Crippen LogP contribution in [0.1, 0.15) is 0 Å². The molecule has 2 heterocycles. The molecular weight excluding hydrogens is 134 g/mol. The minimum Gasteiger partial charge on any atom is -0.200 e. The van der Waals surface area contributed by atoms with Crippen molar-refractivity contribution < 1.29 is 0 Å². The standard InChI is InChI=1S/C5H3N3S/c1-4-2-8-9-5(4)3-7-6-1/h1-3H. The number of rotatable bonds is 0. The molecule has 0 saturated heterocycles. The van der Waals surface area contributed by atoms with Crippen LogP contribution in [0, 0.1) is 0 Å². The van der Waals surface area contributed by atoms with Gasteiger partial charge in [0.2, 0.25) is 0 Å². The Morgan fingerprint density at radius 2 is 2.00 bits per heavy atom. The predicted molar refractivity (Wildman–Crippen MR) is 35.2 cm³/mol.